The smallest absolute Gasteiger partial charge is 0.225 e. The van der Waals surface area contributed by atoms with Crippen LogP contribution in [0.4, 0.5) is 0 Å². The maximum Gasteiger partial charge on any atom is 0.225 e. The van der Waals surface area contributed by atoms with E-state index in [4.69, 9.17) is 0 Å². The number of hydrogen-bond donors (Lipinski definition) is 2. The van der Waals surface area contributed by atoms with Crippen molar-refractivity contribution in [3.05, 3.63) is 22.4 Å². The minimum Gasteiger partial charge on any atom is -0.387 e. The Labute approximate surface area is 116 Å². The largest absolute Gasteiger partial charge is 0.387 e. The molecule has 1 amide bonds. The van der Waals surface area contributed by atoms with Gasteiger partial charge < -0.3 is 10.4 Å². The Morgan fingerprint density at radius 2 is 2.56 bits per heavy atom. The number of amides is 1. The van der Waals surface area contributed by atoms with Gasteiger partial charge in [0, 0.05) is 16.7 Å². The van der Waals surface area contributed by atoms with Gasteiger partial charge in [-0.15, -0.1) is 11.3 Å². The van der Waals surface area contributed by atoms with Crippen molar-refractivity contribution < 1.29 is 9.90 Å². The van der Waals surface area contributed by atoms with E-state index in [0.29, 0.717) is 13.0 Å². The molecule has 1 aliphatic carbocycles. The van der Waals surface area contributed by atoms with Crippen LogP contribution in [-0.2, 0) is 11.2 Å². The summed E-state index contributed by atoms with van der Waals surface area (Å²) in [5, 5.41) is 15.4. The highest BCUT2D eigenvalue weighted by Gasteiger charge is 2.45. The van der Waals surface area contributed by atoms with Crippen LogP contribution in [0.2, 0.25) is 0 Å². The summed E-state index contributed by atoms with van der Waals surface area (Å²) in [6.07, 6.45) is 2.26. The molecule has 2 atom stereocenters. The number of thioether (sulfide) groups is 1. The van der Waals surface area contributed by atoms with E-state index in [9.17, 15) is 9.90 Å². The Bertz CT molecular complexity index is 394. The molecule has 0 saturated heterocycles. The minimum absolute atomic E-state index is 0.00183. The normalized spacial score (nSPS) is 26.7. The first-order valence-corrected chi connectivity index (χ1v) is 8.20. The fourth-order valence-corrected chi connectivity index (χ4v) is 4.02. The Morgan fingerprint density at radius 1 is 1.72 bits per heavy atom. The minimum atomic E-state index is -0.689. The van der Waals surface area contributed by atoms with E-state index in [1.54, 1.807) is 23.1 Å². The SMILES string of the molecule is CCS[C@H]1CC[C@]1(O)CNC(=O)Cc1cccs1. The van der Waals surface area contributed by atoms with Crippen molar-refractivity contribution in [3.63, 3.8) is 0 Å². The lowest BCUT2D eigenvalue weighted by molar-refractivity contribution is -0.122. The van der Waals surface area contributed by atoms with Gasteiger partial charge in [0.1, 0.15) is 0 Å². The van der Waals surface area contributed by atoms with E-state index in [1.165, 1.54) is 0 Å². The topological polar surface area (TPSA) is 49.3 Å². The molecule has 0 aromatic carbocycles. The van der Waals surface area contributed by atoms with E-state index in [1.807, 2.05) is 17.5 Å². The van der Waals surface area contributed by atoms with Gasteiger partial charge in [0.05, 0.1) is 12.0 Å². The van der Waals surface area contributed by atoms with Crippen LogP contribution in [0.15, 0.2) is 17.5 Å². The number of hydrogen-bond acceptors (Lipinski definition) is 4. The molecule has 1 fully saturated rings. The predicted molar refractivity (Wildman–Crippen MR) is 77.1 cm³/mol. The summed E-state index contributed by atoms with van der Waals surface area (Å²) < 4.78 is 0. The molecule has 0 bridgehead atoms. The first-order valence-electron chi connectivity index (χ1n) is 6.27. The maximum atomic E-state index is 11.7. The zero-order valence-electron chi connectivity index (χ0n) is 10.5. The number of carbonyl (C=O) groups is 1. The fourth-order valence-electron chi connectivity index (χ4n) is 2.12. The average Bonchev–Trinajstić information content (AvgIpc) is 2.84. The van der Waals surface area contributed by atoms with Gasteiger partial charge in [-0.25, -0.2) is 0 Å². The van der Waals surface area contributed by atoms with E-state index in [2.05, 4.69) is 12.2 Å². The molecule has 1 aliphatic rings. The Morgan fingerprint density at radius 3 is 3.11 bits per heavy atom. The average molecular weight is 285 g/mol. The quantitative estimate of drug-likeness (QED) is 0.841. The van der Waals surface area contributed by atoms with Crippen LogP contribution in [0, 0.1) is 0 Å². The first-order chi connectivity index (χ1) is 8.64. The van der Waals surface area contributed by atoms with Gasteiger partial charge in [-0.1, -0.05) is 13.0 Å². The molecule has 3 nitrogen and oxygen atoms in total. The number of aliphatic hydroxyl groups is 1. The standard InChI is InChI=1S/C13H19NO2S2/c1-2-17-11-5-6-13(11,16)9-14-12(15)8-10-4-3-7-18-10/h3-4,7,11,16H,2,5-6,8-9H2,1H3,(H,14,15)/t11-,13-/m0/s1. The third kappa shape index (κ3) is 3.28. The summed E-state index contributed by atoms with van der Waals surface area (Å²) in [6.45, 7) is 2.48. The van der Waals surface area contributed by atoms with Crippen LogP contribution < -0.4 is 5.32 Å². The van der Waals surface area contributed by atoms with E-state index in [-0.39, 0.29) is 11.2 Å². The molecule has 5 heteroatoms. The third-order valence-corrected chi connectivity index (χ3v) is 5.60. The van der Waals surface area contributed by atoms with Gasteiger partial charge in [-0.2, -0.15) is 11.8 Å². The van der Waals surface area contributed by atoms with Gasteiger partial charge in [0.2, 0.25) is 5.91 Å². The number of carbonyl (C=O) groups excluding carboxylic acids is 1. The molecule has 100 valence electrons. The number of thiophene rings is 1. The molecule has 1 heterocycles. The second-order valence-corrected chi connectivity index (χ2v) is 7.13. The maximum absolute atomic E-state index is 11.7. The van der Waals surface area contributed by atoms with Crippen LogP contribution in [0.5, 0.6) is 0 Å². The number of nitrogens with one attached hydrogen (secondary N) is 1. The Balaban J connectivity index is 1.75. The molecule has 1 aromatic rings. The number of rotatable bonds is 6. The summed E-state index contributed by atoms with van der Waals surface area (Å²) in [4.78, 5) is 12.8. The molecule has 18 heavy (non-hydrogen) atoms. The molecule has 1 aromatic heterocycles. The van der Waals surface area contributed by atoms with Crippen LogP contribution in [-0.4, -0.2) is 34.2 Å². The van der Waals surface area contributed by atoms with Crippen molar-refractivity contribution in [1.82, 2.24) is 5.32 Å². The highest BCUT2D eigenvalue weighted by molar-refractivity contribution is 8.00. The van der Waals surface area contributed by atoms with Crippen molar-refractivity contribution in [2.45, 2.75) is 37.0 Å². The van der Waals surface area contributed by atoms with Crippen molar-refractivity contribution in [2.24, 2.45) is 0 Å². The van der Waals surface area contributed by atoms with Gasteiger partial charge >= 0.3 is 0 Å². The highest BCUT2D eigenvalue weighted by Crippen LogP contribution is 2.40. The molecule has 1 saturated carbocycles. The van der Waals surface area contributed by atoms with Crippen molar-refractivity contribution in [1.29, 1.82) is 0 Å². The second-order valence-electron chi connectivity index (χ2n) is 4.62. The summed E-state index contributed by atoms with van der Waals surface area (Å²) >= 11 is 3.37. The van der Waals surface area contributed by atoms with Crippen molar-refractivity contribution in [2.75, 3.05) is 12.3 Å². The molecular formula is C13H19NO2S2. The van der Waals surface area contributed by atoms with Gasteiger partial charge in [0.25, 0.3) is 0 Å². The summed E-state index contributed by atoms with van der Waals surface area (Å²) in [7, 11) is 0. The zero-order valence-corrected chi connectivity index (χ0v) is 12.1. The molecular weight excluding hydrogens is 266 g/mol. The van der Waals surface area contributed by atoms with Crippen LogP contribution >= 0.6 is 23.1 Å². The molecule has 2 rings (SSSR count). The van der Waals surface area contributed by atoms with E-state index in [0.717, 1.165) is 23.5 Å². The van der Waals surface area contributed by atoms with Crippen molar-refractivity contribution >= 4 is 29.0 Å². The Hall–Kier alpha value is -0.520. The fraction of sp³-hybridized carbons (Fsp3) is 0.615. The molecule has 0 aliphatic heterocycles. The predicted octanol–water partition coefficient (Wildman–Crippen LogP) is 2.05. The zero-order chi connectivity index (χ0) is 13.0. The third-order valence-electron chi connectivity index (χ3n) is 3.31. The van der Waals surface area contributed by atoms with E-state index >= 15 is 0 Å². The van der Waals surface area contributed by atoms with Crippen molar-refractivity contribution in [3.8, 4) is 0 Å². The molecule has 0 spiro atoms. The molecule has 0 radical (unpaired) electrons. The summed E-state index contributed by atoms with van der Waals surface area (Å²) in [5.41, 5.74) is -0.689. The van der Waals surface area contributed by atoms with Gasteiger partial charge in [-0.05, 0) is 30.0 Å². The molecule has 0 unspecified atom stereocenters. The highest BCUT2D eigenvalue weighted by atomic mass is 32.2. The van der Waals surface area contributed by atoms with Crippen LogP contribution in [0.1, 0.15) is 24.6 Å². The Kier molecular flexibility index (Phi) is 4.70. The van der Waals surface area contributed by atoms with Gasteiger partial charge in [-0.3, -0.25) is 4.79 Å². The van der Waals surface area contributed by atoms with Crippen LogP contribution in [0.3, 0.4) is 0 Å². The molecule has 2 N–H and O–H groups in total. The van der Waals surface area contributed by atoms with Gasteiger partial charge in [0.15, 0.2) is 0 Å². The summed E-state index contributed by atoms with van der Waals surface area (Å²) in [5.74, 6) is 1.01. The monoisotopic (exact) mass is 285 g/mol. The van der Waals surface area contributed by atoms with Crippen LogP contribution in [0.25, 0.3) is 0 Å². The second kappa shape index (κ2) is 6.08. The lowest BCUT2D eigenvalue weighted by atomic mass is 9.79. The summed E-state index contributed by atoms with van der Waals surface area (Å²) in [6, 6.07) is 3.90. The van der Waals surface area contributed by atoms with E-state index < -0.39 is 5.60 Å². The lowest BCUT2D eigenvalue weighted by Crippen LogP contribution is -2.57. The lowest BCUT2D eigenvalue weighted by Gasteiger charge is -2.45. The first kappa shape index (κ1) is 13.9.